The fourth-order valence-corrected chi connectivity index (χ4v) is 6.56. The largest absolute Gasteiger partial charge is 0.487 e. The van der Waals surface area contributed by atoms with Crippen LogP contribution in [0.3, 0.4) is 0 Å². The molecule has 0 radical (unpaired) electrons. The molecule has 0 bridgehead atoms. The van der Waals surface area contributed by atoms with E-state index in [1.165, 1.54) is 16.7 Å². The van der Waals surface area contributed by atoms with Crippen LogP contribution in [0.25, 0.3) is 6.08 Å². The molecule has 1 amide bonds. The molecule has 1 saturated heterocycles. The minimum Gasteiger partial charge on any atom is -0.487 e. The Morgan fingerprint density at radius 2 is 1.49 bits per heavy atom. The molecular weight excluding hydrogens is 705 g/mol. The lowest BCUT2D eigenvalue weighted by Crippen LogP contribution is -2.47. The molecule has 0 aliphatic carbocycles. The summed E-state index contributed by atoms with van der Waals surface area (Å²) in [6.45, 7) is 11.7. The zero-order valence-electron chi connectivity index (χ0n) is 30.4. The normalized spacial score (nSPS) is 13.5. The van der Waals surface area contributed by atoms with E-state index in [-0.39, 0.29) is 5.91 Å². The van der Waals surface area contributed by atoms with Crippen molar-refractivity contribution in [2.45, 2.75) is 53.1 Å². The van der Waals surface area contributed by atoms with Gasteiger partial charge in [-0.05, 0) is 76.6 Å². The number of carbonyl (C=O) groups is 1. The minimum absolute atomic E-state index is 0.0139. The smallest absolute Gasteiger partial charge is 0.246 e. The number of benzene rings is 4. The van der Waals surface area contributed by atoms with Gasteiger partial charge in [0.1, 0.15) is 12.4 Å². The van der Waals surface area contributed by atoms with Gasteiger partial charge in [-0.3, -0.25) is 9.69 Å². The number of hydrogen-bond acceptors (Lipinski definition) is 6. The van der Waals surface area contributed by atoms with E-state index in [1.54, 1.807) is 36.5 Å². The summed E-state index contributed by atoms with van der Waals surface area (Å²) in [5, 5.41) is 1.08. The van der Waals surface area contributed by atoms with Gasteiger partial charge in [0.15, 0.2) is 5.75 Å². The first-order valence-electron chi connectivity index (χ1n) is 17.9. The maximum Gasteiger partial charge on any atom is 0.246 e. The van der Waals surface area contributed by atoms with Crippen LogP contribution in [0.2, 0.25) is 10.0 Å². The van der Waals surface area contributed by atoms with Crippen LogP contribution in [-0.4, -0.2) is 46.9 Å². The van der Waals surface area contributed by atoms with Crippen LogP contribution in [0.15, 0.2) is 109 Å². The highest BCUT2D eigenvalue weighted by atomic mass is 35.5. The highest BCUT2D eigenvalue weighted by molar-refractivity contribution is 6.32. The molecule has 0 spiro atoms. The van der Waals surface area contributed by atoms with Gasteiger partial charge in [0.05, 0.1) is 24.4 Å². The van der Waals surface area contributed by atoms with Crippen LogP contribution in [0, 0.1) is 6.92 Å². The summed E-state index contributed by atoms with van der Waals surface area (Å²) in [6, 6.07) is 32.1. The van der Waals surface area contributed by atoms with E-state index in [9.17, 15) is 4.79 Å². The Labute approximate surface area is 322 Å². The summed E-state index contributed by atoms with van der Waals surface area (Å²) in [5.74, 6) is 2.01. The number of amides is 1. The number of ether oxygens (including phenoxy) is 3. The van der Waals surface area contributed by atoms with E-state index in [4.69, 9.17) is 37.4 Å². The first kappa shape index (κ1) is 38.1. The number of pyridine rings is 1. The number of nitrogens with zero attached hydrogens (tertiary/aromatic N) is 3. The summed E-state index contributed by atoms with van der Waals surface area (Å²) in [7, 11) is 0. The lowest BCUT2D eigenvalue weighted by molar-refractivity contribution is -0.127. The van der Waals surface area contributed by atoms with Gasteiger partial charge in [-0.15, -0.1) is 0 Å². The van der Waals surface area contributed by atoms with Crippen LogP contribution in [0.5, 0.6) is 17.4 Å². The third-order valence-electron chi connectivity index (χ3n) is 9.23. The van der Waals surface area contributed by atoms with Crippen LogP contribution < -0.4 is 9.47 Å². The van der Waals surface area contributed by atoms with Gasteiger partial charge in [-0.25, -0.2) is 4.98 Å². The van der Waals surface area contributed by atoms with Gasteiger partial charge in [0.2, 0.25) is 11.8 Å². The predicted octanol–water partition coefficient (Wildman–Crippen LogP) is 10.3. The fourth-order valence-electron chi connectivity index (χ4n) is 6.06. The molecule has 0 saturated carbocycles. The number of aromatic nitrogens is 1. The van der Waals surface area contributed by atoms with E-state index in [1.807, 2.05) is 42.2 Å². The second kappa shape index (κ2) is 18.4. The highest BCUT2D eigenvalue weighted by Gasteiger charge is 2.20. The SMILES string of the molecule is Cc1cc(/C=C/C(=O)N2CCN(Cc3ccc(COCc4ccc(C(C)C)cc4)cc3)CC2)cc(Cl)c1Oc1ccc(OCc2ccccc2Cl)cn1. The second-order valence-electron chi connectivity index (χ2n) is 13.6. The fraction of sp³-hybridized carbons (Fsp3) is 0.273. The molecule has 0 unspecified atom stereocenters. The third-order valence-corrected chi connectivity index (χ3v) is 9.88. The Hall–Kier alpha value is -4.66. The molecule has 9 heteroatoms. The van der Waals surface area contributed by atoms with Crippen molar-refractivity contribution in [3.05, 3.63) is 158 Å². The van der Waals surface area contributed by atoms with Crippen molar-refractivity contribution in [1.29, 1.82) is 0 Å². The Bertz CT molecular complexity index is 1970. The number of piperazine rings is 1. The maximum absolute atomic E-state index is 13.1. The molecule has 0 N–H and O–H groups in total. The Balaban J connectivity index is 0.925. The third kappa shape index (κ3) is 10.9. The molecule has 1 fully saturated rings. The molecule has 4 aromatic carbocycles. The van der Waals surface area contributed by atoms with Crippen LogP contribution in [-0.2, 0) is 35.9 Å². The number of rotatable bonds is 14. The van der Waals surface area contributed by atoms with Crippen molar-refractivity contribution in [1.82, 2.24) is 14.8 Å². The van der Waals surface area contributed by atoms with Crippen molar-refractivity contribution >= 4 is 35.2 Å². The van der Waals surface area contributed by atoms with E-state index in [2.05, 4.69) is 72.3 Å². The highest BCUT2D eigenvalue weighted by Crippen LogP contribution is 2.34. The van der Waals surface area contributed by atoms with Gasteiger partial charge in [0.25, 0.3) is 0 Å². The summed E-state index contributed by atoms with van der Waals surface area (Å²) in [4.78, 5) is 21.7. The zero-order chi connectivity index (χ0) is 37.2. The second-order valence-corrected chi connectivity index (χ2v) is 14.4. The van der Waals surface area contributed by atoms with Crippen LogP contribution in [0.1, 0.15) is 58.7 Å². The summed E-state index contributed by atoms with van der Waals surface area (Å²) >= 11 is 12.8. The average Bonchev–Trinajstić information content (AvgIpc) is 3.16. The molecule has 1 aliphatic heterocycles. The minimum atomic E-state index is -0.0139. The van der Waals surface area contributed by atoms with Crippen molar-refractivity contribution in [2.75, 3.05) is 26.2 Å². The van der Waals surface area contributed by atoms with Crippen molar-refractivity contribution in [3.63, 3.8) is 0 Å². The van der Waals surface area contributed by atoms with Gasteiger partial charge in [0, 0.05) is 55.5 Å². The zero-order valence-corrected chi connectivity index (χ0v) is 31.9. The topological polar surface area (TPSA) is 64.1 Å². The molecule has 6 rings (SSSR count). The summed E-state index contributed by atoms with van der Waals surface area (Å²) in [6.07, 6.45) is 5.02. The first-order valence-corrected chi connectivity index (χ1v) is 18.7. The lowest BCUT2D eigenvalue weighted by Gasteiger charge is -2.34. The lowest BCUT2D eigenvalue weighted by atomic mass is 10.0. The monoisotopic (exact) mass is 749 g/mol. The Kier molecular flexibility index (Phi) is 13.2. The molecule has 7 nitrogen and oxygen atoms in total. The Morgan fingerprint density at radius 1 is 0.811 bits per heavy atom. The first-order chi connectivity index (χ1) is 25.7. The van der Waals surface area contributed by atoms with Gasteiger partial charge in [-0.1, -0.05) is 104 Å². The Morgan fingerprint density at radius 3 is 2.13 bits per heavy atom. The van der Waals surface area contributed by atoms with Gasteiger partial charge in [-0.2, -0.15) is 0 Å². The molecule has 0 atom stereocenters. The van der Waals surface area contributed by atoms with E-state index in [0.29, 0.717) is 66.3 Å². The maximum atomic E-state index is 13.1. The van der Waals surface area contributed by atoms with Gasteiger partial charge >= 0.3 is 0 Å². The number of halogens is 2. The molecule has 1 aliphatic rings. The number of aryl methyl sites for hydroxylation is 1. The van der Waals surface area contributed by atoms with Crippen molar-refractivity contribution < 1.29 is 19.0 Å². The molecular formula is C44H45Cl2N3O4. The molecule has 2 heterocycles. The van der Waals surface area contributed by atoms with Crippen molar-refractivity contribution in [2.24, 2.45) is 0 Å². The predicted molar refractivity (Wildman–Crippen MR) is 213 cm³/mol. The summed E-state index contributed by atoms with van der Waals surface area (Å²) < 4.78 is 17.8. The average molecular weight is 751 g/mol. The van der Waals surface area contributed by atoms with E-state index < -0.39 is 0 Å². The standard InChI is InChI=1S/C44H45Cl2N3O4/c1-31(2)37-15-12-35(13-16-37)29-51-28-34-10-8-33(9-11-34)27-48-20-22-49(23-21-48)43(50)19-14-36-24-32(3)44(41(46)25-36)53-42-18-17-39(26-47-42)52-30-38-6-4-5-7-40(38)45/h4-19,24-26,31H,20-23,27-30H2,1-3H3/b19-14+. The van der Waals surface area contributed by atoms with Crippen LogP contribution in [0.4, 0.5) is 0 Å². The van der Waals surface area contributed by atoms with Crippen LogP contribution >= 0.6 is 23.2 Å². The van der Waals surface area contributed by atoms with Gasteiger partial charge < -0.3 is 19.1 Å². The van der Waals surface area contributed by atoms with E-state index >= 15 is 0 Å². The molecule has 274 valence electrons. The van der Waals surface area contributed by atoms with E-state index in [0.717, 1.165) is 41.9 Å². The number of carbonyl (C=O) groups excluding carboxylic acids is 1. The quantitative estimate of drug-likeness (QED) is 0.105. The number of hydrogen-bond donors (Lipinski definition) is 0. The molecule has 5 aromatic rings. The van der Waals surface area contributed by atoms with Crippen molar-refractivity contribution in [3.8, 4) is 17.4 Å². The molecule has 53 heavy (non-hydrogen) atoms. The summed E-state index contributed by atoms with van der Waals surface area (Å²) in [5.41, 5.74) is 7.48. The molecule has 1 aromatic heterocycles.